The molecule has 2 aromatic carbocycles. The first-order chi connectivity index (χ1) is 16.6. The zero-order chi connectivity index (χ0) is 24.2. The first kappa shape index (κ1) is 25.3. The number of likely N-dealkylation sites (N-methyl/N-ethyl adjacent to an activating group) is 1. The second-order valence-electron chi connectivity index (χ2n) is 8.80. The molecule has 2 heteroatoms. The first-order valence-electron chi connectivity index (χ1n) is 12.2. The molecular formula is C32H38N2. The lowest BCUT2D eigenvalue weighted by atomic mass is 9.98. The van der Waals surface area contributed by atoms with E-state index >= 15 is 0 Å². The van der Waals surface area contributed by atoms with E-state index in [4.69, 9.17) is 0 Å². The highest BCUT2D eigenvalue weighted by Gasteiger charge is 2.22. The molecule has 1 aliphatic carbocycles. The van der Waals surface area contributed by atoms with Gasteiger partial charge in [-0.15, -0.1) is 0 Å². The zero-order valence-corrected chi connectivity index (χ0v) is 20.6. The van der Waals surface area contributed by atoms with Crippen molar-refractivity contribution in [2.75, 3.05) is 7.05 Å². The molecule has 0 aromatic heterocycles. The first-order valence-corrected chi connectivity index (χ1v) is 12.2. The maximum atomic E-state index is 4.01. The van der Waals surface area contributed by atoms with E-state index in [1.165, 1.54) is 40.7 Å². The molecule has 1 atom stereocenters. The van der Waals surface area contributed by atoms with Crippen molar-refractivity contribution in [1.29, 1.82) is 0 Å². The summed E-state index contributed by atoms with van der Waals surface area (Å²) in [6.45, 7) is 9.77. The maximum absolute atomic E-state index is 4.01. The highest BCUT2D eigenvalue weighted by molar-refractivity contribution is 5.40. The number of allylic oxidation sites excluding steroid dienone is 8. The van der Waals surface area contributed by atoms with Gasteiger partial charge in [-0.1, -0.05) is 92.1 Å². The van der Waals surface area contributed by atoms with Gasteiger partial charge < -0.3 is 5.32 Å². The van der Waals surface area contributed by atoms with Gasteiger partial charge in [0.05, 0.1) is 6.17 Å². The highest BCUT2D eigenvalue weighted by atomic mass is 15.1. The molecule has 0 aliphatic heterocycles. The molecule has 1 fully saturated rings. The molecule has 3 rings (SSSR count). The van der Waals surface area contributed by atoms with Crippen molar-refractivity contribution in [3.63, 3.8) is 0 Å². The van der Waals surface area contributed by atoms with Crippen LogP contribution in [0.15, 0.2) is 122 Å². The SMILES string of the molecule is C=C/C=C\NC(/C=C(C=C)/C=C(\C=C/C)Cc1ccc(Cc2ccc(C3CC3)cc2)cc1)NC. The molecule has 0 heterocycles. The molecular weight excluding hydrogens is 412 g/mol. The van der Waals surface area contributed by atoms with Crippen LogP contribution < -0.4 is 10.6 Å². The van der Waals surface area contributed by atoms with Gasteiger partial charge in [0, 0.05) is 0 Å². The van der Waals surface area contributed by atoms with E-state index in [1.54, 1.807) is 6.08 Å². The molecule has 176 valence electrons. The van der Waals surface area contributed by atoms with E-state index in [2.05, 4.69) is 104 Å². The third kappa shape index (κ3) is 8.20. The summed E-state index contributed by atoms with van der Waals surface area (Å²) in [5.41, 5.74) is 7.84. The van der Waals surface area contributed by atoms with Gasteiger partial charge >= 0.3 is 0 Å². The number of hydrogen-bond donors (Lipinski definition) is 2. The lowest BCUT2D eigenvalue weighted by molar-refractivity contribution is 0.610. The molecule has 2 aromatic rings. The summed E-state index contributed by atoms with van der Waals surface area (Å²) in [4.78, 5) is 0. The topological polar surface area (TPSA) is 24.1 Å². The van der Waals surface area contributed by atoms with Crippen molar-refractivity contribution >= 4 is 0 Å². The van der Waals surface area contributed by atoms with Crippen LogP contribution in [0.4, 0.5) is 0 Å². The minimum absolute atomic E-state index is 0.00457. The summed E-state index contributed by atoms with van der Waals surface area (Å²) in [6, 6.07) is 18.2. The van der Waals surface area contributed by atoms with Gasteiger partial charge in [0.25, 0.3) is 0 Å². The Morgan fingerprint density at radius 3 is 2.21 bits per heavy atom. The van der Waals surface area contributed by atoms with Gasteiger partial charge in [-0.25, -0.2) is 0 Å². The quantitative estimate of drug-likeness (QED) is 0.250. The van der Waals surface area contributed by atoms with Crippen molar-refractivity contribution in [3.05, 3.63) is 144 Å². The predicted octanol–water partition coefficient (Wildman–Crippen LogP) is 7.15. The van der Waals surface area contributed by atoms with Gasteiger partial charge in [0.1, 0.15) is 0 Å². The number of benzene rings is 2. The minimum Gasteiger partial charge on any atom is -0.372 e. The van der Waals surface area contributed by atoms with E-state index in [-0.39, 0.29) is 6.17 Å². The second kappa shape index (κ2) is 13.4. The molecule has 0 amide bonds. The number of nitrogens with one attached hydrogen (secondary N) is 2. The fourth-order valence-electron chi connectivity index (χ4n) is 3.97. The smallest absolute Gasteiger partial charge is 0.0962 e. The van der Waals surface area contributed by atoms with Crippen molar-refractivity contribution in [3.8, 4) is 0 Å². The van der Waals surface area contributed by atoms with Crippen molar-refractivity contribution in [2.45, 2.75) is 44.7 Å². The van der Waals surface area contributed by atoms with E-state index in [1.807, 2.05) is 25.4 Å². The molecule has 1 aliphatic rings. The summed E-state index contributed by atoms with van der Waals surface area (Å²) in [5, 5.41) is 6.54. The molecule has 0 spiro atoms. The van der Waals surface area contributed by atoms with Gasteiger partial charge in [0.15, 0.2) is 0 Å². The Balaban J connectivity index is 1.66. The number of hydrogen-bond acceptors (Lipinski definition) is 2. The van der Waals surface area contributed by atoms with E-state index in [0.717, 1.165) is 24.3 Å². The monoisotopic (exact) mass is 450 g/mol. The minimum atomic E-state index is 0.00457. The van der Waals surface area contributed by atoms with Gasteiger partial charge in [-0.05, 0) is 97.3 Å². The van der Waals surface area contributed by atoms with Crippen LogP contribution in [0.3, 0.4) is 0 Å². The van der Waals surface area contributed by atoms with E-state index in [0.29, 0.717) is 0 Å². The third-order valence-electron chi connectivity index (χ3n) is 6.01. The molecule has 1 saturated carbocycles. The van der Waals surface area contributed by atoms with Crippen LogP contribution in [0.25, 0.3) is 0 Å². The van der Waals surface area contributed by atoms with Gasteiger partial charge in [-0.3, -0.25) is 5.32 Å². The Hall–Kier alpha value is -3.36. The Morgan fingerprint density at radius 1 is 1.00 bits per heavy atom. The van der Waals surface area contributed by atoms with Gasteiger partial charge in [-0.2, -0.15) is 0 Å². The summed E-state index contributed by atoms with van der Waals surface area (Å²) in [7, 11) is 1.93. The third-order valence-corrected chi connectivity index (χ3v) is 6.01. The Morgan fingerprint density at radius 2 is 1.65 bits per heavy atom. The average Bonchev–Trinajstić information content (AvgIpc) is 3.70. The Labute approximate surface area is 206 Å². The maximum Gasteiger partial charge on any atom is 0.0962 e. The van der Waals surface area contributed by atoms with Crippen LogP contribution in [0.2, 0.25) is 0 Å². The van der Waals surface area contributed by atoms with E-state index in [9.17, 15) is 0 Å². The summed E-state index contributed by atoms with van der Waals surface area (Å²) < 4.78 is 0. The van der Waals surface area contributed by atoms with Crippen molar-refractivity contribution in [2.24, 2.45) is 0 Å². The zero-order valence-electron chi connectivity index (χ0n) is 20.6. The molecule has 0 saturated heterocycles. The fourth-order valence-corrected chi connectivity index (χ4v) is 3.97. The molecule has 0 radical (unpaired) electrons. The van der Waals surface area contributed by atoms with Crippen molar-refractivity contribution < 1.29 is 0 Å². The van der Waals surface area contributed by atoms with Crippen LogP contribution >= 0.6 is 0 Å². The Kier molecular flexibility index (Phi) is 9.94. The molecule has 2 nitrogen and oxygen atoms in total. The number of rotatable bonds is 13. The van der Waals surface area contributed by atoms with Crippen LogP contribution in [-0.4, -0.2) is 13.2 Å². The summed E-state index contributed by atoms with van der Waals surface area (Å²) >= 11 is 0. The van der Waals surface area contributed by atoms with Crippen LogP contribution in [0.1, 0.15) is 47.9 Å². The van der Waals surface area contributed by atoms with Crippen LogP contribution in [-0.2, 0) is 12.8 Å². The van der Waals surface area contributed by atoms with Crippen molar-refractivity contribution in [1.82, 2.24) is 10.6 Å². The molecule has 1 unspecified atom stereocenters. The second-order valence-corrected chi connectivity index (χ2v) is 8.80. The van der Waals surface area contributed by atoms with Crippen LogP contribution in [0, 0.1) is 0 Å². The largest absolute Gasteiger partial charge is 0.372 e. The summed E-state index contributed by atoms with van der Waals surface area (Å²) in [6.07, 6.45) is 20.6. The standard InChI is InChI=1S/C32H38N2/c1-5-8-20-34-32(33-4)24-25(7-3)21-29(9-6-2)23-27-12-10-26(11-13-27)22-28-14-16-30(17-15-28)31-18-19-31/h5-17,20-21,24,31-34H,1,3,18-19,22-23H2,2,4H3/b9-6-,20-8-,25-24+,29-21+. The lowest BCUT2D eigenvalue weighted by Crippen LogP contribution is -2.35. The van der Waals surface area contributed by atoms with Gasteiger partial charge in [0.2, 0.25) is 0 Å². The predicted molar refractivity (Wildman–Crippen MR) is 148 cm³/mol. The summed E-state index contributed by atoms with van der Waals surface area (Å²) in [5.74, 6) is 0.818. The lowest BCUT2D eigenvalue weighted by Gasteiger charge is -2.13. The molecule has 34 heavy (non-hydrogen) atoms. The van der Waals surface area contributed by atoms with E-state index < -0.39 is 0 Å². The Bertz CT molecular complexity index is 1050. The molecule has 2 N–H and O–H groups in total. The fraction of sp³-hybridized carbons (Fsp3) is 0.250. The normalized spacial score (nSPS) is 15.6. The van der Waals surface area contributed by atoms with Crippen LogP contribution in [0.5, 0.6) is 0 Å². The highest BCUT2D eigenvalue weighted by Crippen LogP contribution is 2.39. The molecule has 0 bridgehead atoms. The average molecular weight is 451 g/mol.